The third-order valence-electron chi connectivity index (χ3n) is 2.39. The van der Waals surface area contributed by atoms with Crippen molar-refractivity contribution in [2.45, 2.75) is 13.0 Å². The first-order valence-corrected chi connectivity index (χ1v) is 5.74. The van der Waals surface area contributed by atoms with E-state index in [9.17, 15) is 5.11 Å². The first-order valence-electron chi connectivity index (χ1n) is 5.36. The van der Waals surface area contributed by atoms with Gasteiger partial charge in [0.15, 0.2) is 0 Å². The maximum atomic E-state index is 9.38. The Kier molecular flexibility index (Phi) is 3.67. The normalized spacial score (nSPS) is 12.2. The summed E-state index contributed by atoms with van der Waals surface area (Å²) < 4.78 is 5.63. The summed E-state index contributed by atoms with van der Waals surface area (Å²) in [5.41, 5.74) is 0.864. The van der Waals surface area contributed by atoms with Crippen LogP contribution in [0.2, 0.25) is 5.02 Å². The van der Waals surface area contributed by atoms with E-state index in [1.54, 1.807) is 19.1 Å². The topological polar surface area (TPSA) is 29.5 Å². The largest absolute Gasteiger partial charge is 0.457 e. The molecule has 0 aromatic heterocycles. The Balaban J connectivity index is 2.14. The zero-order valence-corrected chi connectivity index (χ0v) is 10.2. The number of rotatable bonds is 3. The molecule has 0 saturated carbocycles. The fourth-order valence-corrected chi connectivity index (χ4v) is 1.66. The predicted octanol–water partition coefficient (Wildman–Crippen LogP) is 4.19. The molecule has 0 bridgehead atoms. The van der Waals surface area contributed by atoms with Gasteiger partial charge in [0.05, 0.1) is 6.10 Å². The van der Waals surface area contributed by atoms with Crippen molar-refractivity contribution in [2.24, 2.45) is 0 Å². The van der Waals surface area contributed by atoms with Gasteiger partial charge in [-0.1, -0.05) is 29.8 Å². The molecule has 88 valence electrons. The molecule has 0 saturated heterocycles. The van der Waals surface area contributed by atoms with Crippen LogP contribution >= 0.6 is 11.6 Å². The second-order valence-electron chi connectivity index (χ2n) is 3.80. The van der Waals surface area contributed by atoms with Crippen LogP contribution in [0.25, 0.3) is 0 Å². The molecule has 0 spiro atoms. The van der Waals surface area contributed by atoms with E-state index in [1.165, 1.54) is 0 Å². The van der Waals surface area contributed by atoms with Crippen LogP contribution < -0.4 is 4.74 Å². The lowest BCUT2D eigenvalue weighted by Crippen LogP contribution is -1.90. The molecule has 0 fully saturated rings. The minimum atomic E-state index is -0.463. The average molecular weight is 249 g/mol. The van der Waals surface area contributed by atoms with Crippen molar-refractivity contribution in [1.29, 1.82) is 0 Å². The monoisotopic (exact) mass is 248 g/mol. The molecule has 2 rings (SSSR count). The molecule has 0 aliphatic heterocycles. The number of ether oxygens (including phenoxy) is 1. The summed E-state index contributed by atoms with van der Waals surface area (Å²) in [6.07, 6.45) is -0.463. The van der Waals surface area contributed by atoms with Crippen molar-refractivity contribution in [2.75, 3.05) is 0 Å². The van der Waals surface area contributed by atoms with E-state index in [0.29, 0.717) is 10.8 Å². The van der Waals surface area contributed by atoms with Gasteiger partial charge in [0.25, 0.3) is 0 Å². The van der Waals surface area contributed by atoms with Crippen LogP contribution in [-0.4, -0.2) is 5.11 Å². The second-order valence-corrected chi connectivity index (χ2v) is 4.24. The second kappa shape index (κ2) is 5.21. The Labute approximate surface area is 105 Å². The highest BCUT2D eigenvalue weighted by Gasteiger charge is 2.02. The highest BCUT2D eigenvalue weighted by Crippen LogP contribution is 2.25. The quantitative estimate of drug-likeness (QED) is 0.883. The van der Waals surface area contributed by atoms with E-state index in [0.717, 1.165) is 11.3 Å². The minimum Gasteiger partial charge on any atom is -0.457 e. The minimum absolute atomic E-state index is 0.463. The van der Waals surface area contributed by atoms with Gasteiger partial charge in [-0.15, -0.1) is 0 Å². The van der Waals surface area contributed by atoms with Crippen LogP contribution in [0.3, 0.4) is 0 Å². The summed E-state index contributed by atoms with van der Waals surface area (Å²) in [6, 6.07) is 14.5. The maximum Gasteiger partial charge on any atom is 0.128 e. The molecule has 17 heavy (non-hydrogen) atoms. The van der Waals surface area contributed by atoms with E-state index in [-0.39, 0.29) is 0 Å². The zero-order chi connectivity index (χ0) is 12.3. The molecule has 2 nitrogen and oxygen atoms in total. The van der Waals surface area contributed by atoms with Gasteiger partial charge in [0.1, 0.15) is 11.5 Å². The third kappa shape index (κ3) is 3.22. The molecule has 3 heteroatoms. The van der Waals surface area contributed by atoms with Crippen molar-refractivity contribution in [3.8, 4) is 11.5 Å². The standard InChI is InChI=1S/C14H13ClO2/c1-10(16)11-5-7-13(8-6-11)17-14-4-2-3-12(15)9-14/h2-10,16H,1H3/t10-/m0/s1. The smallest absolute Gasteiger partial charge is 0.128 e. The van der Waals surface area contributed by atoms with E-state index >= 15 is 0 Å². The van der Waals surface area contributed by atoms with Crippen LogP contribution in [-0.2, 0) is 0 Å². The number of aliphatic hydroxyl groups excluding tert-OH is 1. The molecule has 2 aromatic rings. The van der Waals surface area contributed by atoms with E-state index in [1.807, 2.05) is 36.4 Å². The van der Waals surface area contributed by atoms with Crippen LogP contribution in [0.15, 0.2) is 48.5 Å². The van der Waals surface area contributed by atoms with E-state index < -0.39 is 6.10 Å². The third-order valence-corrected chi connectivity index (χ3v) is 2.63. The summed E-state index contributed by atoms with van der Waals surface area (Å²) in [7, 11) is 0. The van der Waals surface area contributed by atoms with Crippen molar-refractivity contribution >= 4 is 11.6 Å². The molecule has 2 aromatic carbocycles. The Bertz CT molecular complexity index is 492. The van der Waals surface area contributed by atoms with Crippen LogP contribution in [0, 0.1) is 0 Å². The molecule has 0 unspecified atom stereocenters. The number of hydrogen-bond acceptors (Lipinski definition) is 2. The van der Waals surface area contributed by atoms with Gasteiger partial charge in [0, 0.05) is 5.02 Å². The summed E-state index contributed by atoms with van der Waals surface area (Å²) >= 11 is 5.86. The molecular formula is C14H13ClO2. The lowest BCUT2D eigenvalue weighted by molar-refractivity contribution is 0.199. The molecule has 0 aliphatic carbocycles. The van der Waals surface area contributed by atoms with Crippen molar-refractivity contribution < 1.29 is 9.84 Å². The number of aliphatic hydroxyl groups is 1. The Morgan fingerprint density at radius 3 is 2.35 bits per heavy atom. The van der Waals surface area contributed by atoms with Crippen molar-refractivity contribution in [3.05, 3.63) is 59.1 Å². The average Bonchev–Trinajstić information content (AvgIpc) is 2.29. The highest BCUT2D eigenvalue weighted by atomic mass is 35.5. The Hall–Kier alpha value is -1.51. The molecule has 1 atom stereocenters. The molecule has 0 aliphatic rings. The van der Waals surface area contributed by atoms with Gasteiger partial charge in [-0.3, -0.25) is 0 Å². The van der Waals surface area contributed by atoms with Crippen molar-refractivity contribution in [3.63, 3.8) is 0 Å². The molecule has 0 radical (unpaired) electrons. The highest BCUT2D eigenvalue weighted by molar-refractivity contribution is 6.30. The molecule has 1 N–H and O–H groups in total. The summed E-state index contributed by atoms with van der Waals surface area (Å²) in [5.74, 6) is 1.42. The first-order chi connectivity index (χ1) is 8.15. The fourth-order valence-electron chi connectivity index (χ4n) is 1.48. The zero-order valence-electron chi connectivity index (χ0n) is 9.43. The van der Waals surface area contributed by atoms with Crippen LogP contribution in [0.1, 0.15) is 18.6 Å². The van der Waals surface area contributed by atoms with Gasteiger partial charge in [-0.2, -0.15) is 0 Å². The number of hydrogen-bond donors (Lipinski definition) is 1. The number of halogens is 1. The molecule has 0 amide bonds. The summed E-state index contributed by atoms with van der Waals surface area (Å²) in [5, 5.41) is 10.0. The predicted molar refractivity (Wildman–Crippen MR) is 68.6 cm³/mol. The van der Waals surface area contributed by atoms with Crippen LogP contribution in [0.4, 0.5) is 0 Å². The fraction of sp³-hybridized carbons (Fsp3) is 0.143. The maximum absolute atomic E-state index is 9.38. The summed E-state index contributed by atoms with van der Waals surface area (Å²) in [4.78, 5) is 0. The Morgan fingerprint density at radius 1 is 1.06 bits per heavy atom. The first kappa shape index (κ1) is 12.0. The molecule has 0 heterocycles. The van der Waals surface area contributed by atoms with Crippen LogP contribution in [0.5, 0.6) is 11.5 Å². The lowest BCUT2D eigenvalue weighted by atomic mass is 10.1. The van der Waals surface area contributed by atoms with Crippen molar-refractivity contribution in [1.82, 2.24) is 0 Å². The van der Waals surface area contributed by atoms with Gasteiger partial charge in [-0.25, -0.2) is 0 Å². The summed E-state index contributed by atoms with van der Waals surface area (Å²) in [6.45, 7) is 1.73. The molecular weight excluding hydrogens is 236 g/mol. The Morgan fingerprint density at radius 2 is 1.76 bits per heavy atom. The van der Waals surface area contributed by atoms with Gasteiger partial charge >= 0.3 is 0 Å². The van der Waals surface area contributed by atoms with E-state index in [4.69, 9.17) is 16.3 Å². The SMILES string of the molecule is C[C@H](O)c1ccc(Oc2cccc(Cl)c2)cc1. The van der Waals surface area contributed by atoms with Gasteiger partial charge in [0.2, 0.25) is 0 Å². The van der Waals surface area contributed by atoms with Gasteiger partial charge in [-0.05, 0) is 42.8 Å². The van der Waals surface area contributed by atoms with Gasteiger partial charge < -0.3 is 9.84 Å². The lowest BCUT2D eigenvalue weighted by Gasteiger charge is -2.08. The number of benzene rings is 2. The van der Waals surface area contributed by atoms with E-state index in [2.05, 4.69) is 0 Å².